The van der Waals surface area contributed by atoms with Crippen LogP contribution >= 0.6 is 11.3 Å². The van der Waals surface area contributed by atoms with Crippen LogP contribution in [0.5, 0.6) is 0 Å². The van der Waals surface area contributed by atoms with Crippen molar-refractivity contribution in [3.8, 4) is 0 Å². The SMILES string of the molecule is CC(C)(C)NC(=O)O[C@@H](C(=O)Nc1ccc2cc(C(=O)NO)sc2c1)c1ccccc1. The molecule has 0 aliphatic carbocycles. The molecule has 0 aliphatic rings. The standard InChI is InChI=1S/C22H23N3O5S/c1-22(2,3)24-21(28)30-18(13-7-5-4-6-8-13)20(27)23-15-10-9-14-11-17(19(26)25-29)31-16(14)12-15/h4-12,18,29H,1-3H3,(H,23,27)(H,24,28)(H,25,26)/t18-/m1/s1. The molecular weight excluding hydrogens is 418 g/mol. The zero-order valence-corrected chi connectivity index (χ0v) is 18.1. The number of alkyl carbamates (subject to hydrolysis) is 1. The number of fused-ring (bicyclic) bond motifs is 1. The van der Waals surface area contributed by atoms with Gasteiger partial charge in [0.1, 0.15) is 0 Å². The van der Waals surface area contributed by atoms with Crippen molar-refractivity contribution < 1.29 is 24.3 Å². The van der Waals surface area contributed by atoms with E-state index in [0.717, 1.165) is 10.1 Å². The average Bonchev–Trinajstić information content (AvgIpc) is 3.14. The van der Waals surface area contributed by atoms with Crippen LogP contribution in [0.2, 0.25) is 0 Å². The maximum absolute atomic E-state index is 13.0. The van der Waals surface area contributed by atoms with E-state index in [1.165, 1.54) is 11.3 Å². The van der Waals surface area contributed by atoms with Crippen LogP contribution in [-0.4, -0.2) is 28.7 Å². The van der Waals surface area contributed by atoms with Crippen molar-refractivity contribution in [2.24, 2.45) is 0 Å². The highest BCUT2D eigenvalue weighted by Crippen LogP contribution is 2.29. The average molecular weight is 442 g/mol. The zero-order valence-electron chi connectivity index (χ0n) is 17.3. The topological polar surface area (TPSA) is 117 Å². The van der Waals surface area contributed by atoms with Crippen molar-refractivity contribution in [3.63, 3.8) is 0 Å². The minimum atomic E-state index is -1.15. The molecule has 3 amide bonds. The van der Waals surface area contributed by atoms with Gasteiger partial charge >= 0.3 is 6.09 Å². The Bertz CT molecular complexity index is 1110. The molecular formula is C22H23N3O5S. The molecule has 0 spiro atoms. The van der Waals surface area contributed by atoms with Crippen molar-refractivity contribution in [3.05, 3.63) is 65.0 Å². The highest BCUT2D eigenvalue weighted by Gasteiger charge is 2.27. The van der Waals surface area contributed by atoms with Crippen molar-refractivity contribution >= 4 is 45.0 Å². The molecule has 2 aromatic carbocycles. The Morgan fingerprint density at radius 3 is 2.39 bits per heavy atom. The lowest BCUT2D eigenvalue weighted by Gasteiger charge is -2.23. The van der Waals surface area contributed by atoms with E-state index in [2.05, 4.69) is 10.6 Å². The number of hydroxylamine groups is 1. The highest BCUT2D eigenvalue weighted by atomic mass is 32.1. The first-order chi connectivity index (χ1) is 14.7. The van der Waals surface area contributed by atoms with Gasteiger partial charge in [0.15, 0.2) is 0 Å². The number of hydrogen-bond acceptors (Lipinski definition) is 6. The Labute approximate surface area is 183 Å². The summed E-state index contributed by atoms with van der Waals surface area (Å²) in [4.78, 5) is 37.3. The molecule has 162 valence electrons. The molecule has 1 aromatic heterocycles. The second kappa shape index (κ2) is 9.15. The number of hydrogen-bond donors (Lipinski definition) is 4. The molecule has 3 aromatic rings. The Morgan fingerprint density at radius 1 is 1.03 bits per heavy atom. The molecule has 9 heteroatoms. The molecule has 0 fully saturated rings. The Hall–Kier alpha value is -3.43. The van der Waals surface area contributed by atoms with Gasteiger partial charge in [0.2, 0.25) is 6.10 Å². The highest BCUT2D eigenvalue weighted by molar-refractivity contribution is 7.20. The summed E-state index contributed by atoms with van der Waals surface area (Å²) < 4.78 is 6.19. The largest absolute Gasteiger partial charge is 0.431 e. The second-order valence-electron chi connectivity index (χ2n) is 7.86. The van der Waals surface area contributed by atoms with Crippen LogP contribution in [0.4, 0.5) is 10.5 Å². The Balaban J connectivity index is 1.82. The monoisotopic (exact) mass is 441 g/mol. The normalized spacial score (nSPS) is 12.1. The van der Waals surface area contributed by atoms with Gasteiger partial charge in [0.05, 0.1) is 4.88 Å². The van der Waals surface area contributed by atoms with Gasteiger partial charge in [-0.15, -0.1) is 11.3 Å². The van der Waals surface area contributed by atoms with E-state index >= 15 is 0 Å². The number of carbonyl (C=O) groups excluding carboxylic acids is 3. The van der Waals surface area contributed by atoms with Crippen molar-refractivity contribution in [2.75, 3.05) is 5.32 Å². The molecule has 4 N–H and O–H groups in total. The predicted molar refractivity (Wildman–Crippen MR) is 118 cm³/mol. The van der Waals surface area contributed by atoms with Crippen LogP contribution in [0.1, 0.15) is 42.1 Å². The smallest absolute Gasteiger partial charge is 0.408 e. The van der Waals surface area contributed by atoms with Crippen molar-refractivity contribution in [1.82, 2.24) is 10.8 Å². The Morgan fingerprint density at radius 2 is 1.74 bits per heavy atom. The van der Waals surface area contributed by atoms with E-state index in [4.69, 9.17) is 9.94 Å². The quantitative estimate of drug-likeness (QED) is 0.349. The molecule has 1 atom stereocenters. The lowest BCUT2D eigenvalue weighted by molar-refractivity contribution is -0.124. The number of amides is 3. The number of anilines is 1. The molecule has 8 nitrogen and oxygen atoms in total. The van der Waals surface area contributed by atoms with E-state index in [0.29, 0.717) is 16.1 Å². The zero-order chi connectivity index (χ0) is 22.6. The van der Waals surface area contributed by atoms with Crippen LogP contribution < -0.4 is 16.1 Å². The van der Waals surface area contributed by atoms with Crippen LogP contribution in [0, 0.1) is 0 Å². The summed E-state index contributed by atoms with van der Waals surface area (Å²) in [5, 5.41) is 15.0. The molecule has 0 radical (unpaired) electrons. The fourth-order valence-corrected chi connectivity index (χ4v) is 3.82. The summed E-state index contributed by atoms with van der Waals surface area (Å²) in [6, 6.07) is 15.5. The third kappa shape index (κ3) is 5.80. The summed E-state index contributed by atoms with van der Waals surface area (Å²) in [6.07, 6.45) is -1.86. The molecule has 0 bridgehead atoms. The van der Waals surface area contributed by atoms with Crippen LogP contribution in [0.25, 0.3) is 10.1 Å². The maximum atomic E-state index is 13.0. The molecule has 31 heavy (non-hydrogen) atoms. The van der Waals surface area contributed by atoms with Gasteiger partial charge < -0.3 is 15.4 Å². The summed E-state index contributed by atoms with van der Waals surface area (Å²) in [6.45, 7) is 5.44. The number of carbonyl (C=O) groups is 3. The second-order valence-corrected chi connectivity index (χ2v) is 8.95. The fourth-order valence-electron chi connectivity index (χ4n) is 2.83. The minimum absolute atomic E-state index is 0.338. The van der Waals surface area contributed by atoms with Crippen LogP contribution in [-0.2, 0) is 9.53 Å². The first kappa shape index (κ1) is 22.3. The van der Waals surface area contributed by atoms with Crippen LogP contribution in [0.3, 0.4) is 0 Å². The number of benzene rings is 2. The molecule has 0 saturated heterocycles. The minimum Gasteiger partial charge on any atom is -0.431 e. The molecule has 0 unspecified atom stereocenters. The lowest BCUT2D eigenvalue weighted by Crippen LogP contribution is -2.42. The van der Waals surface area contributed by atoms with Crippen molar-refractivity contribution in [2.45, 2.75) is 32.4 Å². The first-order valence-electron chi connectivity index (χ1n) is 9.49. The number of ether oxygens (including phenoxy) is 1. The van der Waals surface area contributed by atoms with Gasteiger partial charge in [-0.05, 0) is 44.4 Å². The van der Waals surface area contributed by atoms with Gasteiger partial charge in [-0.25, -0.2) is 10.3 Å². The third-order valence-electron chi connectivity index (χ3n) is 4.16. The van der Waals surface area contributed by atoms with E-state index in [1.54, 1.807) is 60.1 Å². The molecule has 3 rings (SSSR count). The first-order valence-corrected chi connectivity index (χ1v) is 10.3. The summed E-state index contributed by atoms with van der Waals surface area (Å²) in [5.74, 6) is -1.12. The van der Waals surface area contributed by atoms with Gasteiger partial charge in [0, 0.05) is 21.5 Å². The molecule has 1 heterocycles. The van der Waals surface area contributed by atoms with E-state index in [-0.39, 0.29) is 0 Å². The summed E-state index contributed by atoms with van der Waals surface area (Å²) in [5.41, 5.74) is 2.10. The van der Waals surface area contributed by atoms with E-state index in [9.17, 15) is 14.4 Å². The van der Waals surface area contributed by atoms with Gasteiger partial charge in [-0.3, -0.25) is 14.8 Å². The van der Waals surface area contributed by atoms with Crippen molar-refractivity contribution in [1.29, 1.82) is 0 Å². The number of thiophene rings is 1. The predicted octanol–water partition coefficient (Wildman–Crippen LogP) is 4.22. The fraction of sp³-hybridized carbons (Fsp3) is 0.227. The summed E-state index contributed by atoms with van der Waals surface area (Å²) >= 11 is 1.17. The van der Waals surface area contributed by atoms with Crippen LogP contribution in [0.15, 0.2) is 54.6 Å². The number of rotatable bonds is 5. The summed E-state index contributed by atoms with van der Waals surface area (Å²) in [7, 11) is 0. The van der Waals surface area contributed by atoms with Gasteiger partial charge in [-0.2, -0.15) is 0 Å². The van der Waals surface area contributed by atoms with Gasteiger partial charge in [0.25, 0.3) is 11.8 Å². The maximum Gasteiger partial charge on any atom is 0.408 e. The van der Waals surface area contributed by atoms with E-state index in [1.807, 2.05) is 20.8 Å². The van der Waals surface area contributed by atoms with E-state index < -0.39 is 29.6 Å². The Kier molecular flexibility index (Phi) is 6.57. The third-order valence-corrected chi connectivity index (χ3v) is 5.25. The molecule has 0 saturated carbocycles. The molecule has 0 aliphatic heterocycles. The lowest BCUT2D eigenvalue weighted by atomic mass is 10.1. The van der Waals surface area contributed by atoms with Gasteiger partial charge in [-0.1, -0.05) is 36.4 Å². The number of nitrogens with one attached hydrogen (secondary N) is 3.